The molecule has 24 heavy (non-hydrogen) atoms. The summed E-state index contributed by atoms with van der Waals surface area (Å²) in [5, 5.41) is 5.73. The van der Waals surface area contributed by atoms with Gasteiger partial charge in [0.05, 0.1) is 19.3 Å². The predicted molar refractivity (Wildman–Crippen MR) is 95.8 cm³/mol. The molecule has 2 aromatic carbocycles. The van der Waals surface area contributed by atoms with Crippen molar-refractivity contribution in [1.82, 2.24) is 5.32 Å². The highest BCUT2D eigenvalue weighted by atomic mass is 16.5. The van der Waals surface area contributed by atoms with Gasteiger partial charge in [-0.2, -0.15) is 0 Å². The van der Waals surface area contributed by atoms with Gasteiger partial charge in [0.2, 0.25) is 0 Å². The molecular weight excluding hydrogens is 304 g/mol. The van der Waals surface area contributed by atoms with Gasteiger partial charge in [0, 0.05) is 5.69 Å². The maximum atomic E-state index is 12.1. The molecule has 128 valence electrons. The van der Waals surface area contributed by atoms with Crippen LogP contribution >= 0.6 is 0 Å². The fourth-order valence-electron chi connectivity index (χ4n) is 2.31. The summed E-state index contributed by atoms with van der Waals surface area (Å²) in [6.45, 7) is 6.92. The van der Waals surface area contributed by atoms with E-state index < -0.39 is 0 Å². The molecule has 0 aromatic heterocycles. The highest BCUT2D eigenvalue weighted by Crippen LogP contribution is 2.30. The van der Waals surface area contributed by atoms with Crippen LogP contribution in [0, 0.1) is 0 Å². The first-order valence-electron chi connectivity index (χ1n) is 8.16. The first kappa shape index (κ1) is 17.7. The molecule has 5 nitrogen and oxygen atoms in total. The zero-order valence-corrected chi connectivity index (χ0v) is 14.3. The smallest absolute Gasteiger partial charge is 0.319 e. The summed E-state index contributed by atoms with van der Waals surface area (Å²) in [6, 6.07) is 14.6. The van der Waals surface area contributed by atoms with E-state index in [1.54, 1.807) is 0 Å². The van der Waals surface area contributed by atoms with Crippen LogP contribution < -0.4 is 20.1 Å². The Morgan fingerprint density at radius 1 is 1.00 bits per heavy atom. The van der Waals surface area contributed by atoms with Gasteiger partial charge in [-0.05, 0) is 50.6 Å². The van der Waals surface area contributed by atoms with Crippen LogP contribution in [0.2, 0.25) is 0 Å². The van der Waals surface area contributed by atoms with E-state index >= 15 is 0 Å². The van der Waals surface area contributed by atoms with Crippen molar-refractivity contribution in [1.29, 1.82) is 0 Å². The summed E-state index contributed by atoms with van der Waals surface area (Å²) >= 11 is 0. The molecule has 0 fully saturated rings. The minimum atomic E-state index is -0.249. The van der Waals surface area contributed by atoms with E-state index in [0.717, 1.165) is 11.3 Å². The number of para-hydroxylation sites is 1. The minimum absolute atomic E-state index is 0.163. The van der Waals surface area contributed by atoms with Crippen LogP contribution in [0.15, 0.2) is 48.5 Å². The van der Waals surface area contributed by atoms with Crippen molar-refractivity contribution in [2.75, 3.05) is 18.5 Å². The van der Waals surface area contributed by atoms with Gasteiger partial charge in [0.15, 0.2) is 11.5 Å². The number of amides is 2. The first-order chi connectivity index (χ1) is 11.6. The molecule has 1 atom stereocenters. The molecule has 0 saturated carbocycles. The fraction of sp³-hybridized carbons (Fsp3) is 0.316. The van der Waals surface area contributed by atoms with Crippen LogP contribution in [0.3, 0.4) is 0 Å². The number of ether oxygens (including phenoxy) is 2. The van der Waals surface area contributed by atoms with Gasteiger partial charge in [0.25, 0.3) is 0 Å². The molecule has 0 unspecified atom stereocenters. The molecule has 2 aromatic rings. The number of hydrogen-bond acceptors (Lipinski definition) is 3. The van der Waals surface area contributed by atoms with E-state index in [-0.39, 0.29) is 12.1 Å². The Morgan fingerprint density at radius 2 is 1.67 bits per heavy atom. The van der Waals surface area contributed by atoms with Crippen molar-refractivity contribution < 1.29 is 14.3 Å². The third-order valence-electron chi connectivity index (χ3n) is 3.45. The van der Waals surface area contributed by atoms with E-state index in [2.05, 4.69) is 10.6 Å². The maximum absolute atomic E-state index is 12.1. The van der Waals surface area contributed by atoms with E-state index in [9.17, 15) is 4.79 Å². The zero-order chi connectivity index (χ0) is 17.4. The molecule has 0 spiro atoms. The summed E-state index contributed by atoms with van der Waals surface area (Å²) in [7, 11) is 0. The van der Waals surface area contributed by atoms with Gasteiger partial charge in [-0.3, -0.25) is 0 Å². The van der Waals surface area contributed by atoms with Gasteiger partial charge in [-0.15, -0.1) is 0 Å². The number of nitrogens with one attached hydrogen (secondary N) is 2. The Morgan fingerprint density at radius 3 is 2.33 bits per heavy atom. The second kappa shape index (κ2) is 8.82. The van der Waals surface area contributed by atoms with E-state index in [0.29, 0.717) is 24.7 Å². The lowest BCUT2D eigenvalue weighted by Gasteiger charge is -2.18. The summed E-state index contributed by atoms with van der Waals surface area (Å²) in [6.07, 6.45) is 0. The molecule has 2 rings (SSSR count). The Bertz CT molecular complexity index is 659. The topological polar surface area (TPSA) is 59.6 Å². The summed E-state index contributed by atoms with van der Waals surface area (Å²) in [5.41, 5.74) is 1.70. The molecule has 0 radical (unpaired) electrons. The van der Waals surface area contributed by atoms with Gasteiger partial charge in [-0.25, -0.2) is 4.79 Å². The lowest BCUT2D eigenvalue weighted by molar-refractivity contribution is 0.249. The van der Waals surface area contributed by atoms with E-state index in [1.165, 1.54) is 0 Å². The Balaban J connectivity index is 2.04. The quantitative estimate of drug-likeness (QED) is 0.793. The molecule has 0 aliphatic rings. The molecular formula is C19H24N2O3. The number of carbonyl (C=O) groups is 1. The SMILES string of the molecule is CCOc1ccc([C@@H](C)NC(=O)Nc2ccccc2)cc1OCC. The van der Waals surface area contributed by atoms with Gasteiger partial charge >= 0.3 is 6.03 Å². The molecule has 0 heterocycles. The third-order valence-corrected chi connectivity index (χ3v) is 3.45. The van der Waals surface area contributed by atoms with Crippen molar-refractivity contribution in [3.8, 4) is 11.5 Å². The number of hydrogen-bond donors (Lipinski definition) is 2. The number of carbonyl (C=O) groups excluding carboxylic acids is 1. The van der Waals surface area contributed by atoms with Crippen LogP contribution in [0.5, 0.6) is 11.5 Å². The van der Waals surface area contributed by atoms with Crippen molar-refractivity contribution in [3.05, 3.63) is 54.1 Å². The maximum Gasteiger partial charge on any atom is 0.319 e. The largest absolute Gasteiger partial charge is 0.490 e. The van der Waals surface area contributed by atoms with Gasteiger partial charge in [0.1, 0.15) is 0 Å². The minimum Gasteiger partial charge on any atom is -0.490 e. The molecule has 0 aliphatic heterocycles. The van der Waals surface area contributed by atoms with Crippen LogP contribution in [0.1, 0.15) is 32.4 Å². The second-order valence-electron chi connectivity index (χ2n) is 5.26. The van der Waals surface area contributed by atoms with Crippen LogP contribution in [-0.4, -0.2) is 19.2 Å². The summed E-state index contributed by atoms with van der Waals surface area (Å²) in [4.78, 5) is 12.1. The number of rotatable bonds is 7. The molecule has 2 N–H and O–H groups in total. The van der Waals surface area contributed by atoms with Gasteiger partial charge < -0.3 is 20.1 Å². The molecule has 0 aliphatic carbocycles. The highest BCUT2D eigenvalue weighted by Gasteiger charge is 2.13. The number of benzene rings is 2. The van der Waals surface area contributed by atoms with E-state index in [4.69, 9.17) is 9.47 Å². The summed E-state index contributed by atoms with van der Waals surface area (Å²) < 4.78 is 11.2. The van der Waals surface area contributed by atoms with Crippen LogP contribution in [-0.2, 0) is 0 Å². The molecule has 5 heteroatoms. The lowest BCUT2D eigenvalue weighted by Crippen LogP contribution is -2.31. The normalized spacial score (nSPS) is 11.5. The summed E-state index contributed by atoms with van der Waals surface area (Å²) in [5.74, 6) is 1.40. The zero-order valence-electron chi connectivity index (χ0n) is 14.3. The standard InChI is InChI=1S/C19H24N2O3/c1-4-23-17-12-11-15(13-18(17)24-5-2)14(3)20-19(22)21-16-9-7-6-8-10-16/h6-14H,4-5H2,1-3H3,(H2,20,21,22)/t14-/m1/s1. The average molecular weight is 328 g/mol. The van der Waals surface area contributed by atoms with Crippen molar-refractivity contribution in [3.63, 3.8) is 0 Å². The number of anilines is 1. The Kier molecular flexibility index (Phi) is 6.49. The second-order valence-corrected chi connectivity index (χ2v) is 5.26. The molecule has 0 saturated heterocycles. The first-order valence-corrected chi connectivity index (χ1v) is 8.16. The Labute approximate surface area is 143 Å². The monoisotopic (exact) mass is 328 g/mol. The van der Waals surface area contributed by atoms with Gasteiger partial charge in [-0.1, -0.05) is 24.3 Å². The lowest BCUT2D eigenvalue weighted by atomic mass is 10.1. The van der Waals surface area contributed by atoms with Crippen molar-refractivity contribution >= 4 is 11.7 Å². The Hall–Kier alpha value is -2.69. The van der Waals surface area contributed by atoms with Crippen molar-refractivity contribution in [2.24, 2.45) is 0 Å². The number of urea groups is 1. The van der Waals surface area contributed by atoms with Crippen molar-refractivity contribution in [2.45, 2.75) is 26.8 Å². The third kappa shape index (κ3) is 4.91. The average Bonchev–Trinajstić information content (AvgIpc) is 2.57. The van der Waals surface area contributed by atoms with Crippen LogP contribution in [0.25, 0.3) is 0 Å². The van der Waals surface area contributed by atoms with Crippen LogP contribution in [0.4, 0.5) is 10.5 Å². The van der Waals surface area contributed by atoms with E-state index in [1.807, 2.05) is 69.3 Å². The fourth-order valence-corrected chi connectivity index (χ4v) is 2.31. The molecule has 0 bridgehead atoms. The molecule has 2 amide bonds. The highest BCUT2D eigenvalue weighted by molar-refractivity contribution is 5.89. The predicted octanol–water partition coefficient (Wildman–Crippen LogP) is 4.37.